The lowest BCUT2D eigenvalue weighted by molar-refractivity contribution is 0.419. The summed E-state index contributed by atoms with van der Waals surface area (Å²) in [6.07, 6.45) is 1.82. The summed E-state index contributed by atoms with van der Waals surface area (Å²) in [6.45, 7) is 2.97. The van der Waals surface area contributed by atoms with Gasteiger partial charge in [0.05, 0.1) is 12.8 Å². The number of aromatic nitrogens is 2. The zero-order valence-corrected chi connectivity index (χ0v) is 13.2. The maximum absolute atomic E-state index is 5.46. The van der Waals surface area contributed by atoms with Crippen LogP contribution in [0.15, 0.2) is 48.7 Å². The topological polar surface area (TPSA) is 39.1 Å². The highest BCUT2D eigenvalue weighted by molar-refractivity contribution is 5.91. The Morgan fingerprint density at radius 1 is 1.14 bits per heavy atom. The lowest BCUT2D eigenvalue weighted by atomic mass is 9.99. The van der Waals surface area contributed by atoms with Crippen LogP contribution in [0.4, 0.5) is 0 Å². The standard InChI is InChI=1S/C18H21N3O/c1-13(19-12-14-10-11-20-21(14)2)15-8-9-18(22-3)17-7-5-4-6-16(15)17/h4-11,13,19H,12H2,1-3H3/t13-/m1/s1. The van der Waals surface area contributed by atoms with Crippen molar-refractivity contribution in [3.8, 4) is 5.75 Å². The van der Waals surface area contributed by atoms with Gasteiger partial charge < -0.3 is 10.1 Å². The van der Waals surface area contributed by atoms with Crippen LogP contribution in [0.2, 0.25) is 0 Å². The minimum Gasteiger partial charge on any atom is -0.496 e. The van der Waals surface area contributed by atoms with Crippen molar-refractivity contribution in [1.82, 2.24) is 15.1 Å². The fourth-order valence-corrected chi connectivity index (χ4v) is 2.79. The average Bonchev–Trinajstić information content (AvgIpc) is 2.96. The molecule has 3 rings (SSSR count). The molecule has 0 unspecified atom stereocenters. The molecule has 114 valence electrons. The Morgan fingerprint density at radius 3 is 2.59 bits per heavy atom. The van der Waals surface area contributed by atoms with Gasteiger partial charge in [-0.25, -0.2) is 0 Å². The van der Waals surface area contributed by atoms with Crippen LogP contribution < -0.4 is 10.1 Å². The third-order valence-corrected chi connectivity index (χ3v) is 4.12. The number of nitrogens with zero attached hydrogens (tertiary/aromatic N) is 2. The summed E-state index contributed by atoms with van der Waals surface area (Å²) in [5, 5.41) is 10.1. The van der Waals surface area contributed by atoms with Gasteiger partial charge in [0.15, 0.2) is 0 Å². The quantitative estimate of drug-likeness (QED) is 0.784. The lowest BCUT2D eigenvalue weighted by Gasteiger charge is -2.18. The third kappa shape index (κ3) is 2.70. The lowest BCUT2D eigenvalue weighted by Crippen LogP contribution is -2.20. The number of fused-ring (bicyclic) bond motifs is 1. The molecule has 0 aliphatic carbocycles. The van der Waals surface area contributed by atoms with E-state index in [1.807, 2.05) is 36.1 Å². The Hall–Kier alpha value is -2.33. The van der Waals surface area contributed by atoms with E-state index in [2.05, 4.69) is 41.6 Å². The molecule has 1 aromatic heterocycles. The van der Waals surface area contributed by atoms with Crippen LogP contribution in [-0.2, 0) is 13.6 Å². The van der Waals surface area contributed by atoms with E-state index in [0.29, 0.717) is 0 Å². The number of nitrogens with one attached hydrogen (secondary N) is 1. The van der Waals surface area contributed by atoms with E-state index in [0.717, 1.165) is 17.7 Å². The predicted octanol–water partition coefficient (Wildman–Crippen LogP) is 3.43. The monoisotopic (exact) mass is 295 g/mol. The molecule has 1 atom stereocenters. The highest BCUT2D eigenvalue weighted by Gasteiger charge is 2.12. The Balaban J connectivity index is 1.88. The third-order valence-electron chi connectivity index (χ3n) is 4.12. The molecule has 0 bridgehead atoms. The van der Waals surface area contributed by atoms with Gasteiger partial charge in [0, 0.05) is 31.2 Å². The Labute approximate surface area is 130 Å². The van der Waals surface area contributed by atoms with Crippen molar-refractivity contribution in [2.75, 3.05) is 7.11 Å². The SMILES string of the molecule is COc1ccc([C@@H](C)NCc2ccnn2C)c2ccccc12. The first-order valence-electron chi connectivity index (χ1n) is 7.46. The maximum Gasteiger partial charge on any atom is 0.126 e. The van der Waals surface area contributed by atoms with E-state index in [1.165, 1.54) is 16.6 Å². The highest BCUT2D eigenvalue weighted by Crippen LogP contribution is 2.31. The van der Waals surface area contributed by atoms with Crippen LogP contribution in [0.1, 0.15) is 24.2 Å². The van der Waals surface area contributed by atoms with Crippen molar-refractivity contribution in [2.24, 2.45) is 7.05 Å². The van der Waals surface area contributed by atoms with Crippen molar-refractivity contribution in [2.45, 2.75) is 19.5 Å². The fourth-order valence-electron chi connectivity index (χ4n) is 2.79. The Morgan fingerprint density at radius 2 is 1.91 bits per heavy atom. The molecule has 0 saturated heterocycles. The minimum atomic E-state index is 0.241. The van der Waals surface area contributed by atoms with Crippen LogP contribution in [0.3, 0.4) is 0 Å². The molecule has 0 saturated carbocycles. The first-order chi connectivity index (χ1) is 10.7. The van der Waals surface area contributed by atoms with Gasteiger partial charge in [0.25, 0.3) is 0 Å². The number of hydrogen-bond acceptors (Lipinski definition) is 3. The second kappa shape index (κ2) is 6.20. The minimum absolute atomic E-state index is 0.241. The number of hydrogen-bond donors (Lipinski definition) is 1. The molecule has 1 heterocycles. The smallest absolute Gasteiger partial charge is 0.126 e. The van der Waals surface area contributed by atoms with Crippen molar-refractivity contribution < 1.29 is 4.74 Å². The van der Waals surface area contributed by atoms with E-state index in [4.69, 9.17) is 4.74 Å². The molecule has 0 aliphatic heterocycles. The van der Waals surface area contributed by atoms with Crippen LogP contribution >= 0.6 is 0 Å². The van der Waals surface area contributed by atoms with Gasteiger partial charge in [-0.15, -0.1) is 0 Å². The summed E-state index contributed by atoms with van der Waals surface area (Å²) in [6, 6.07) is 14.8. The molecular formula is C18H21N3O. The molecule has 4 nitrogen and oxygen atoms in total. The molecule has 1 N–H and O–H groups in total. The normalized spacial score (nSPS) is 12.5. The van der Waals surface area contributed by atoms with Crippen LogP contribution in [0, 0.1) is 0 Å². The highest BCUT2D eigenvalue weighted by atomic mass is 16.5. The van der Waals surface area contributed by atoms with Gasteiger partial charge in [-0.3, -0.25) is 4.68 Å². The molecule has 0 radical (unpaired) electrons. The number of methoxy groups -OCH3 is 1. The number of ether oxygens (including phenoxy) is 1. The first-order valence-corrected chi connectivity index (χ1v) is 7.46. The summed E-state index contributed by atoms with van der Waals surface area (Å²) >= 11 is 0. The van der Waals surface area contributed by atoms with Gasteiger partial charge in [-0.2, -0.15) is 5.10 Å². The molecule has 0 spiro atoms. The van der Waals surface area contributed by atoms with Gasteiger partial charge in [-0.05, 0) is 30.0 Å². The number of rotatable bonds is 5. The van der Waals surface area contributed by atoms with Crippen molar-refractivity contribution in [3.05, 3.63) is 59.9 Å². The predicted molar refractivity (Wildman–Crippen MR) is 89.0 cm³/mol. The molecule has 4 heteroatoms. The molecular weight excluding hydrogens is 274 g/mol. The van der Waals surface area contributed by atoms with Gasteiger partial charge in [0.1, 0.15) is 5.75 Å². The average molecular weight is 295 g/mol. The van der Waals surface area contributed by atoms with Crippen LogP contribution in [0.5, 0.6) is 5.75 Å². The summed E-state index contributed by atoms with van der Waals surface area (Å²) < 4.78 is 7.36. The van der Waals surface area contributed by atoms with Crippen LogP contribution in [0.25, 0.3) is 10.8 Å². The molecule has 22 heavy (non-hydrogen) atoms. The Bertz CT molecular complexity index is 779. The molecule has 0 fully saturated rings. The second-order valence-corrected chi connectivity index (χ2v) is 5.45. The van der Waals surface area contributed by atoms with Crippen molar-refractivity contribution in [1.29, 1.82) is 0 Å². The van der Waals surface area contributed by atoms with E-state index < -0.39 is 0 Å². The van der Waals surface area contributed by atoms with E-state index in [1.54, 1.807) is 7.11 Å². The zero-order valence-electron chi connectivity index (χ0n) is 13.2. The molecule has 2 aromatic carbocycles. The summed E-state index contributed by atoms with van der Waals surface area (Å²) in [5.41, 5.74) is 2.45. The van der Waals surface area contributed by atoms with E-state index in [-0.39, 0.29) is 6.04 Å². The fraction of sp³-hybridized carbons (Fsp3) is 0.278. The van der Waals surface area contributed by atoms with Gasteiger partial charge in [-0.1, -0.05) is 30.3 Å². The van der Waals surface area contributed by atoms with Crippen molar-refractivity contribution in [3.63, 3.8) is 0 Å². The van der Waals surface area contributed by atoms with E-state index >= 15 is 0 Å². The number of benzene rings is 2. The van der Waals surface area contributed by atoms with Crippen LogP contribution in [-0.4, -0.2) is 16.9 Å². The zero-order chi connectivity index (χ0) is 15.5. The maximum atomic E-state index is 5.46. The summed E-state index contributed by atoms with van der Waals surface area (Å²) in [4.78, 5) is 0. The largest absolute Gasteiger partial charge is 0.496 e. The number of aryl methyl sites for hydroxylation is 1. The second-order valence-electron chi connectivity index (χ2n) is 5.45. The van der Waals surface area contributed by atoms with E-state index in [9.17, 15) is 0 Å². The molecule has 3 aromatic rings. The molecule has 0 amide bonds. The van der Waals surface area contributed by atoms with Crippen molar-refractivity contribution >= 4 is 10.8 Å². The first kappa shape index (κ1) is 14.6. The van der Waals surface area contributed by atoms with Gasteiger partial charge >= 0.3 is 0 Å². The Kier molecular flexibility index (Phi) is 4.11. The summed E-state index contributed by atoms with van der Waals surface area (Å²) in [5.74, 6) is 0.915. The summed E-state index contributed by atoms with van der Waals surface area (Å²) in [7, 11) is 3.68. The van der Waals surface area contributed by atoms with Gasteiger partial charge in [0.2, 0.25) is 0 Å². The molecule has 0 aliphatic rings.